The highest BCUT2D eigenvalue weighted by Gasteiger charge is 2.39. The third kappa shape index (κ3) is 3.57. The highest BCUT2D eigenvalue weighted by Crippen LogP contribution is 2.29. The molecule has 1 fully saturated rings. The van der Waals surface area contributed by atoms with Gasteiger partial charge in [-0.3, -0.25) is 4.79 Å². The van der Waals surface area contributed by atoms with E-state index in [4.69, 9.17) is 0 Å². The Hall–Kier alpha value is -2.22. The van der Waals surface area contributed by atoms with Gasteiger partial charge in [-0.05, 0) is 63.8 Å². The Labute approximate surface area is 172 Å². The lowest BCUT2D eigenvalue weighted by molar-refractivity contribution is -0.119. The lowest BCUT2D eigenvalue weighted by Crippen LogP contribution is -2.43. The van der Waals surface area contributed by atoms with Gasteiger partial charge in [0.1, 0.15) is 6.04 Å². The first-order valence-electron chi connectivity index (χ1n) is 9.03. The topological polar surface area (TPSA) is 66.5 Å². The molecule has 28 heavy (non-hydrogen) atoms. The molecule has 1 N–H and O–H groups in total. The van der Waals surface area contributed by atoms with E-state index in [9.17, 15) is 13.2 Å². The number of nitrogens with one attached hydrogen (secondary N) is 1. The van der Waals surface area contributed by atoms with E-state index >= 15 is 0 Å². The number of amides is 1. The number of carbonyl (C=O) groups is 1. The average molecular weight is 459 g/mol. The maximum Gasteiger partial charge on any atom is 0.243 e. The molecular weight excluding hydrogens is 440 g/mol. The van der Waals surface area contributed by atoms with Crippen LogP contribution >= 0.6 is 15.9 Å². The van der Waals surface area contributed by atoms with Crippen LogP contribution in [0.5, 0.6) is 0 Å². The minimum atomic E-state index is -3.77. The normalized spacial score (nSPS) is 17.7. The van der Waals surface area contributed by atoms with Crippen LogP contribution in [-0.4, -0.2) is 31.2 Å². The van der Waals surface area contributed by atoms with Crippen molar-refractivity contribution in [2.75, 3.05) is 11.9 Å². The lowest BCUT2D eigenvalue weighted by atomic mass is 10.1. The molecule has 1 heterocycles. The molecule has 3 aromatic carbocycles. The predicted molar refractivity (Wildman–Crippen MR) is 114 cm³/mol. The van der Waals surface area contributed by atoms with Gasteiger partial charge < -0.3 is 5.32 Å². The lowest BCUT2D eigenvalue weighted by Gasteiger charge is -2.23. The van der Waals surface area contributed by atoms with Crippen LogP contribution in [0.25, 0.3) is 10.8 Å². The number of rotatable bonds is 4. The molecular formula is C21H19BrN2O3S. The van der Waals surface area contributed by atoms with Crippen molar-refractivity contribution in [3.63, 3.8) is 0 Å². The first-order valence-corrected chi connectivity index (χ1v) is 11.3. The summed E-state index contributed by atoms with van der Waals surface area (Å²) >= 11 is 3.40. The van der Waals surface area contributed by atoms with Gasteiger partial charge in [-0.2, -0.15) is 4.31 Å². The van der Waals surface area contributed by atoms with E-state index in [0.717, 1.165) is 15.2 Å². The molecule has 5 nitrogen and oxygen atoms in total. The third-order valence-electron chi connectivity index (χ3n) is 4.97. The number of hydrogen-bond acceptors (Lipinski definition) is 3. The Morgan fingerprint density at radius 1 is 1.00 bits per heavy atom. The largest absolute Gasteiger partial charge is 0.324 e. The molecule has 4 rings (SSSR count). The molecule has 0 saturated carbocycles. The number of nitrogens with zero attached hydrogens (tertiary/aromatic N) is 1. The van der Waals surface area contributed by atoms with Gasteiger partial charge in [0.25, 0.3) is 0 Å². The smallest absolute Gasteiger partial charge is 0.243 e. The fourth-order valence-electron chi connectivity index (χ4n) is 3.53. The number of para-hydroxylation sites is 1. The molecule has 144 valence electrons. The second-order valence-corrected chi connectivity index (χ2v) is 9.50. The third-order valence-corrected chi connectivity index (χ3v) is 7.56. The van der Waals surface area contributed by atoms with Crippen LogP contribution in [-0.2, 0) is 14.8 Å². The zero-order valence-corrected chi connectivity index (χ0v) is 17.4. The second kappa shape index (κ2) is 7.66. The van der Waals surface area contributed by atoms with Gasteiger partial charge in [-0.1, -0.05) is 42.5 Å². The van der Waals surface area contributed by atoms with Crippen molar-refractivity contribution in [2.45, 2.75) is 23.8 Å². The summed E-state index contributed by atoms with van der Waals surface area (Å²) in [7, 11) is -3.77. The summed E-state index contributed by atoms with van der Waals surface area (Å²) in [6.45, 7) is 0.337. The fraction of sp³-hybridized carbons (Fsp3) is 0.190. The quantitative estimate of drug-likeness (QED) is 0.629. The van der Waals surface area contributed by atoms with Gasteiger partial charge >= 0.3 is 0 Å². The average Bonchev–Trinajstić information content (AvgIpc) is 3.20. The van der Waals surface area contributed by atoms with Gasteiger partial charge in [-0.25, -0.2) is 8.42 Å². The molecule has 0 spiro atoms. The predicted octanol–water partition coefficient (Wildman–Crippen LogP) is 4.39. The SMILES string of the molecule is O=C(Nc1ccccc1Br)[C@H]1CCCN1S(=O)(=O)c1ccc2ccccc2c1. The van der Waals surface area contributed by atoms with Crippen LogP contribution in [0.4, 0.5) is 5.69 Å². The minimum absolute atomic E-state index is 0.215. The first-order chi connectivity index (χ1) is 13.5. The molecule has 0 radical (unpaired) electrons. The van der Waals surface area contributed by atoms with E-state index < -0.39 is 16.1 Å². The number of anilines is 1. The van der Waals surface area contributed by atoms with Crippen LogP contribution in [0.1, 0.15) is 12.8 Å². The number of fused-ring (bicyclic) bond motifs is 1. The fourth-order valence-corrected chi connectivity index (χ4v) is 5.61. The van der Waals surface area contributed by atoms with E-state index in [1.807, 2.05) is 42.5 Å². The van der Waals surface area contributed by atoms with E-state index in [1.54, 1.807) is 24.3 Å². The van der Waals surface area contributed by atoms with E-state index in [0.29, 0.717) is 25.1 Å². The van der Waals surface area contributed by atoms with Gasteiger partial charge in [0.05, 0.1) is 10.6 Å². The number of benzene rings is 3. The summed E-state index contributed by atoms with van der Waals surface area (Å²) in [6, 6.07) is 19.3. The molecule has 1 amide bonds. The highest BCUT2D eigenvalue weighted by molar-refractivity contribution is 9.10. The summed E-state index contributed by atoms with van der Waals surface area (Å²) in [4.78, 5) is 13.0. The highest BCUT2D eigenvalue weighted by atomic mass is 79.9. The van der Waals surface area contributed by atoms with Gasteiger partial charge in [-0.15, -0.1) is 0 Å². The molecule has 0 aromatic heterocycles. The molecule has 1 atom stereocenters. The minimum Gasteiger partial charge on any atom is -0.324 e. The van der Waals surface area contributed by atoms with Crippen molar-refractivity contribution < 1.29 is 13.2 Å². The Morgan fingerprint density at radius 2 is 1.71 bits per heavy atom. The van der Waals surface area contributed by atoms with Gasteiger partial charge in [0.15, 0.2) is 0 Å². The van der Waals surface area contributed by atoms with Crippen LogP contribution in [0.3, 0.4) is 0 Å². The number of carbonyl (C=O) groups excluding carboxylic acids is 1. The summed E-state index contributed by atoms with van der Waals surface area (Å²) in [5, 5.41) is 4.68. The zero-order valence-electron chi connectivity index (χ0n) is 15.0. The summed E-state index contributed by atoms with van der Waals surface area (Å²) in [5.41, 5.74) is 0.627. The Balaban J connectivity index is 1.62. The maximum atomic E-state index is 13.2. The van der Waals surface area contributed by atoms with Crippen molar-refractivity contribution in [2.24, 2.45) is 0 Å². The molecule has 1 saturated heterocycles. The Bertz CT molecular complexity index is 1150. The van der Waals surface area contributed by atoms with Crippen molar-refractivity contribution in [1.82, 2.24) is 4.31 Å². The Morgan fingerprint density at radius 3 is 2.50 bits per heavy atom. The molecule has 1 aliphatic rings. The Kier molecular flexibility index (Phi) is 5.23. The van der Waals surface area contributed by atoms with Gasteiger partial charge in [0.2, 0.25) is 15.9 Å². The summed E-state index contributed by atoms with van der Waals surface area (Å²) in [6.07, 6.45) is 1.16. The zero-order chi connectivity index (χ0) is 19.7. The molecule has 0 unspecified atom stereocenters. The number of halogens is 1. The summed E-state index contributed by atoms with van der Waals surface area (Å²) in [5.74, 6) is -0.311. The second-order valence-electron chi connectivity index (χ2n) is 6.75. The van der Waals surface area contributed by atoms with Crippen molar-refractivity contribution >= 4 is 48.3 Å². The van der Waals surface area contributed by atoms with Gasteiger partial charge in [0, 0.05) is 11.0 Å². The van der Waals surface area contributed by atoms with Crippen LogP contribution in [0.2, 0.25) is 0 Å². The maximum absolute atomic E-state index is 13.2. The van der Waals surface area contributed by atoms with E-state index in [1.165, 1.54) is 4.31 Å². The van der Waals surface area contributed by atoms with Crippen molar-refractivity contribution in [3.05, 3.63) is 71.2 Å². The van der Waals surface area contributed by atoms with Crippen LogP contribution < -0.4 is 5.32 Å². The molecule has 7 heteroatoms. The number of sulfonamides is 1. The van der Waals surface area contributed by atoms with Crippen molar-refractivity contribution in [3.8, 4) is 0 Å². The van der Waals surface area contributed by atoms with Crippen molar-refractivity contribution in [1.29, 1.82) is 0 Å². The number of hydrogen-bond donors (Lipinski definition) is 1. The standard InChI is InChI=1S/C21H19BrN2O3S/c22-18-8-3-4-9-19(18)23-21(25)20-10-5-13-24(20)28(26,27)17-12-11-15-6-1-2-7-16(15)14-17/h1-4,6-9,11-12,14,20H,5,10,13H2,(H,23,25)/t20-/m1/s1. The van der Waals surface area contributed by atoms with Crippen LogP contribution in [0.15, 0.2) is 76.1 Å². The monoisotopic (exact) mass is 458 g/mol. The van der Waals surface area contributed by atoms with E-state index in [2.05, 4.69) is 21.2 Å². The molecule has 0 aliphatic carbocycles. The van der Waals surface area contributed by atoms with E-state index in [-0.39, 0.29) is 10.8 Å². The molecule has 3 aromatic rings. The summed E-state index contributed by atoms with van der Waals surface area (Å²) < 4.78 is 28.6. The first kappa shape index (κ1) is 19.1. The molecule has 1 aliphatic heterocycles. The molecule has 0 bridgehead atoms. The van der Waals surface area contributed by atoms with Crippen LogP contribution in [0, 0.1) is 0 Å².